The Morgan fingerprint density at radius 3 is 2.57 bits per heavy atom. The summed E-state index contributed by atoms with van der Waals surface area (Å²) in [4.78, 5) is 2.11. The van der Waals surface area contributed by atoms with Crippen LogP contribution in [0, 0.1) is 11.3 Å². The molecule has 1 saturated heterocycles. The van der Waals surface area contributed by atoms with E-state index in [0.29, 0.717) is 49.2 Å². The zero-order chi connectivity index (χ0) is 19.3. The number of anilines is 1. The van der Waals surface area contributed by atoms with Crippen molar-refractivity contribution in [2.45, 2.75) is 0 Å². The molecule has 3 aromatic rings. The van der Waals surface area contributed by atoms with Crippen molar-refractivity contribution in [2.75, 3.05) is 31.2 Å². The Morgan fingerprint density at radius 2 is 1.86 bits per heavy atom. The van der Waals surface area contributed by atoms with E-state index in [-0.39, 0.29) is 5.75 Å². The summed E-state index contributed by atoms with van der Waals surface area (Å²) in [6.45, 7) is 2.68. The molecule has 0 bridgehead atoms. The molecule has 140 valence electrons. The van der Waals surface area contributed by atoms with Crippen molar-refractivity contribution in [3.8, 4) is 17.5 Å². The molecule has 7 heteroatoms. The van der Waals surface area contributed by atoms with Gasteiger partial charge in [0.1, 0.15) is 11.8 Å². The van der Waals surface area contributed by atoms with Crippen molar-refractivity contribution in [1.29, 1.82) is 5.26 Å². The summed E-state index contributed by atoms with van der Waals surface area (Å²) in [6, 6.07) is 18.7. The van der Waals surface area contributed by atoms with Crippen molar-refractivity contribution in [1.82, 2.24) is 14.8 Å². The van der Waals surface area contributed by atoms with Crippen LogP contribution < -0.4 is 4.90 Å². The molecule has 2 aromatic carbocycles. The molecule has 1 fully saturated rings. The molecule has 0 saturated carbocycles. The van der Waals surface area contributed by atoms with Gasteiger partial charge in [-0.3, -0.25) is 4.57 Å². The maximum absolute atomic E-state index is 9.81. The van der Waals surface area contributed by atoms with Crippen LogP contribution in [0.4, 0.5) is 5.95 Å². The van der Waals surface area contributed by atoms with Crippen molar-refractivity contribution in [3.63, 3.8) is 0 Å². The van der Waals surface area contributed by atoms with Crippen LogP contribution in [0.1, 0.15) is 11.4 Å². The third-order valence-corrected chi connectivity index (χ3v) is 4.50. The fraction of sp³-hybridized carbons (Fsp3) is 0.190. The van der Waals surface area contributed by atoms with E-state index in [9.17, 15) is 10.4 Å². The predicted octanol–water partition coefficient (Wildman–Crippen LogP) is 2.87. The molecule has 0 spiro atoms. The van der Waals surface area contributed by atoms with Gasteiger partial charge in [0.2, 0.25) is 5.95 Å². The second-order valence-corrected chi connectivity index (χ2v) is 6.36. The highest BCUT2D eigenvalue weighted by Crippen LogP contribution is 2.26. The van der Waals surface area contributed by atoms with Crippen LogP contribution in [0.3, 0.4) is 0 Å². The van der Waals surface area contributed by atoms with Crippen LogP contribution in [0.15, 0.2) is 54.6 Å². The lowest BCUT2D eigenvalue weighted by molar-refractivity contribution is 0.122. The summed E-state index contributed by atoms with van der Waals surface area (Å²) in [7, 11) is 0. The molecule has 1 aromatic heterocycles. The second-order valence-electron chi connectivity index (χ2n) is 6.36. The number of aromatic hydroxyl groups is 1. The third kappa shape index (κ3) is 3.59. The lowest BCUT2D eigenvalue weighted by atomic mass is 10.1. The SMILES string of the molecule is N#C/C(=C\c1cccc(O)c1)c1nnc(N2CCOCC2)n1-c1ccccc1. The van der Waals surface area contributed by atoms with Gasteiger partial charge >= 0.3 is 0 Å². The van der Waals surface area contributed by atoms with E-state index < -0.39 is 0 Å². The molecule has 0 amide bonds. The first kappa shape index (κ1) is 17.8. The van der Waals surface area contributed by atoms with Crippen LogP contribution in [0.25, 0.3) is 17.3 Å². The molecule has 7 nitrogen and oxygen atoms in total. The van der Waals surface area contributed by atoms with Gasteiger partial charge in [-0.1, -0.05) is 30.3 Å². The maximum atomic E-state index is 9.81. The molecular weight excluding hydrogens is 354 g/mol. The van der Waals surface area contributed by atoms with Gasteiger partial charge in [-0.15, -0.1) is 10.2 Å². The number of nitriles is 1. The molecule has 2 heterocycles. The number of benzene rings is 2. The Hall–Kier alpha value is -3.63. The van der Waals surface area contributed by atoms with Gasteiger partial charge in [-0.2, -0.15) is 5.26 Å². The monoisotopic (exact) mass is 373 g/mol. The molecule has 28 heavy (non-hydrogen) atoms. The van der Waals surface area contributed by atoms with E-state index in [1.54, 1.807) is 24.3 Å². The summed E-state index contributed by atoms with van der Waals surface area (Å²) in [5, 5.41) is 28.2. The van der Waals surface area contributed by atoms with Gasteiger partial charge in [0.05, 0.1) is 24.5 Å². The molecule has 4 rings (SSSR count). The van der Waals surface area contributed by atoms with Crippen molar-refractivity contribution < 1.29 is 9.84 Å². The van der Waals surface area contributed by atoms with E-state index in [1.165, 1.54) is 0 Å². The number of morpholine rings is 1. The molecule has 1 aliphatic rings. The average molecular weight is 373 g/mol. The van der Waals surface area contributed by atoms with Crippen molar-refractivity contribution in [3.05, 3.63) is 66.0 Å². The van der Waals surface area contributed by atoms with E-state index in [4.69, 9.17) is 4.74 Å². The number of rotatable bonds is 4. The molecule has 0 atom stereocenters. The number of para-hydroxylation sites is 1. The average Bonchev–Trinajstić information content (AvgIpc) is 3.18. The summed E-state index contributed by atoms with van der Waals surface area (Å²) in [5.74, 6) is 1.28. The summed E-state index contributed by atoms with van der Waals surface area (Å²) in [6.07, 6.45) is 1.70. The first-order valence-electron chi connectivity index (χ1n) is 9.01. The van der Waals surface area contributed by atoms with Crippen LogP contribution in [-0.2, 0) is 4.74 Å². The number of hydrogen-bond acceptors (Lipinski definition) is 6. The summed E-state index contributed by atoms with van der Waals surface area (Å²) < 4.78 is 7.34. The largest absolute Gasteiger partial charge is 0.508 e. The summed E-state index contributed by atoms with van der Waals surface area (Å²) >= 11 is 0. The van der Waals surface area contributed by atoms with Gasteiger partial charge in [-0.25, -0.2) is 0 Å². The Morgan fingerprint density at radius 1 is 1.07 bits per heavy atom. The fourth-order valence-corrected chi connectivity index (χ4v) is 3.16. The van der Waals surface area contributed by atoms with Gasteiger partial charge in [-0.05, 0) is 35.9 Å². The number of phenolic OH excluding ortho intramolecular Hbond substituents is 1. The van der Waals surface area contributed by atoms with Crippen LogP contribution in [-0.4, -0.2) is 46.2 Å². The molecule has 1 aliphatic heterocycles. The minimum Gasteiger partial charge on any atom is -0.508 e. The molecule has 0 aliphatic carbocycles. The van der Waals surface area contributed by atoms with E-state index in [2.05, 4.69) is 21.2 Å². The highest BCUT2D eigenvalue weighted by molar-refractivity contribution is 5.88. The maximum Gasteiger partial charge on any atom is 0.232 e. The zero-order valence-corrected chi connectivity index (χ0v) is 15.2. The fourth-order valence-electron chi connectivity index (χ4n) is 3.16. The summed E-state index contributed by atoms with van der Waals surface area (Å²) in [5.41, 5.74) is 1.95. The Bertz CT molecular complexity index is 1030. The number of nitrogens with zero attached hydrogens (tertiary/aromatic N) is 5. The molecule has 1 N–H and O–H groups in total. The smallest absolute Gasteiger partial charge is 0.232 e. The molecular formula is C21H19N5O2. The highest BCUT2D eigenvalue weighted by atomic mass is 16.5. The van der Waals surface area contributed by atoms with Crippen LogP contribution >= 0.6 is 0 Å². The standard InChI is InChI=1S/C21H19N5O2/c22-15-17(13-16-5-4-8-19(27)14-16)20-23-24-21(25-9-11-28-12-10-25)26(20)18-6-2-1-3-7-18/h1-8,13-14,27H,9-12H2/b17-13+. The number of ether oxygens (including phenoxy) is 1. The number of phenols is 1. The lowest BCUT2D eigenvalue weighted by Gasteiger charge is -2.28. The van der Waals surface area contributed by atoms with Gasteiger partial charge in [0.25, 0.3) is 0 Å². The van der Waals surface area contributed by atoms with Gasteiger partial charge in [0, 0.05) is 13.1 Å². The first-order valence-corrected chi connectivity index (χ1v) is 9.01. The minimum absolute atomic E-state index is 0.143. The van der Waals surface area contributed by atoms with E-state index in [0.717, 1.165) is 5.69 Å². The topological polar surface area (TPSA) is 87.2 Å². The van der Waals surface area contributed by atoms with E-state index >= 15 is 0 Å². The number of hydrogen-bond donors (Lipinski definition) is 1. The predicted molar refractivity (Wildman–Crippen MR) is 106 cm³/mol. The number of aromatic nitrogens is 3. The van der Waals surface area contributed by atoms with E-state index in [1.807, 2.05) is 41.0 Å². The van der Waals surface area contributed by atoms with Crippen LogP contribution in [0.5, 0.6) is 5.75 Å². The van der Waals surface area contributed by atoms with Crippen molar-refractivity contribution in [2.24, 2.45) is 0 Å². The minimum atomic E-state index is 0.143. The number of allylic oxidation sites excluding steroid dienone is 1. The quantitative estimate of drug-likeness (QED) is 0.708. The highest BCUT2D eigenvalue weighted by Gasteiger charge is 2.23. The Labute approximate surface area is 162 Å². The van der Waals surface area contributed by atoms with Gasteiger partial charge in [0.15, 0.2) is 5.82 Å². The zero-order valence-electron chi connectivity index (χ0n) is 15.2. The molecule has 0 radical (unpaired) electrons. The lowest BCUT2D eigenvalue weighted by Crippen LogP contribution is -2.38. The second kappa shape index (κ2) is 7.94. The van der Waals surface area contributed by atoms with Crippen molar-refractivity contribution >= 4 is 17.6 Å². The third-order valence-electron chi connectivity index (χ3n) is 4.50. The van der Waals surface area contributed by atoms with Crippen LogP contribution in [0.2, 0.25) is 0 Å². The molecule has 0 unspecified atom stereocenters. The van der Waals surface area contributed by atoms with Gasteiger partial charge < -0.3 is 14.7 Å². The normalized spacial score (nSPS) is 14.7. The first-order chi connectivity index (χ1) is 13.8. The Balaban J connectivity index is 1.84. The Kier molecular flexibility index (Phi) is 5.04.